The van der Waals surface area contributed by atoms with Crippen LogP contribution in [0, 0.1) is 6.92 Å². The summed E-state index contributed by atoms with van der Waals surface area (Å²) in [6.45, 7) is 8.36. The standard InChI is InChI=1S/C10H14ClN/c1-7-9(11)5-8(6-12-7)10(2,3)4/h5-6H,1-4H3. The number of aryl methyl sites for hydroxylation is 1. The Kier molecular flexibility index (Phi) is 2.43. The molecule has 0 radical (unpaired) electrons. The number of nitrogens with zero attached hydrogens (tertiary/aromatic N) is 1. The molecule has 0 aliphatic heterocycles. The third-order valence-corrected chi connectivity index (χ3v) is 2.27. The first-order valence-electron chi connectivity index (χ1n) is 4.04. The maximum absolute atomic E-state index is 5.96. The maximum Gasteiger partial charge on any atom is 0.0621 e. The van der Waals surface area contributed by atoms with Gasteiger partial charge in [-0.15, -0.1) is 0 Å². The van der Waals surface area contributed by atoms with Crippen LogP contribution in [0.4, 0.5) is 0 Å². The Labute approximate surface area is 78.8 Å². The molecule has 0 bridgehead atoms. The molecule has 0 saturated carbocycles. The van der Waals surface area contributed by atoms with Gasteiger partial charge < -0.3 is 0 Å². The second-order valence-electron chi connectivity index (χ2n) is 4.04. The molecule has 0 spiro atoms. The first kappa shape index (κ1) is 9.53. The van der Waals surface area contributed by atoms with Crippen LogP contribution in [-0.4, -0.2) is 4.98 Å². The SMILES string of the molecule is Cc1ncc(C(C)(C)C)cc1Cl. The van der Waals surface area contributed by atoms with Crippen LogP contribution in [0.25, 0.3) is 0 Å². The van der Waals surface area contributed by atoms with Gasteiger partial charge in [-0.2, -0.15) is 0 Å². The van der Waals surface area contributed by atoms with E-state index in [1.54, 1.807) is 0 Å². The topological polar surface area (TPSA) is 12.9 Å². The minimum Gasteiger partial charge on any atom is -0.260 e. The van der Waals surface area contributed by atoms with E-state index in [0.717, 1.165) is 10.7 Å². The van der Waals surface area contributed by atoms with Crippen LogP contribution in [0.2, 0.25) is 5.02 Å². The summed E-state index contributed by atoms with van der Waals surface area (Å²) in [5, 5.41) is 0.752. The molecule has 0 fully saturated rings. The molecule has 1 aromatic rings. The van der Waals surface area contributed by atoms with Gasteiger partial charge in [-0.25, -0.2) is 0 Å². The van der Waals surface area contributed by atoms with Gasteiger partial charge in [-0.05, 0) is 24.0 Å². The molecule has 0 saturated heterocycles. The van der Waals surface area contributed by atoms with Gasteiger partial charge in [-0.1, -0.05) is 32.4 Å². The van der Waals surface area contributed by atoms with Gasteiger partial charge in [0, 0.05) is 6.20 Å². The molecule has 0 aromatic carbocycles. The summed E-state index contributed by atoms with van der Waals surface area (Å²) in [4.78, 5) is 4.21. The Morgan fingerprint density at radius 2 is 1.92 bits per heavy atom. The molecule has 2 heteroatoms. The monoisotopic (exact) mass is 183 g/mol. The number of halogens is 1. The zero-order valence-corrected chi connectivity index (χ0v) is 8.74. The van der Waals surface area contributed by atoms with E-state index in [1.165, 1.54) is 5.56 Å². The molecule has 0 aliphatic carbocycles. The summed E-state index contributed by atoms with van der Waals surface area (Å²) in [6.07, 6.45) is 1.89. The van der Waals surface area contributed by atoms with Crippen molar-refractivity contribution < 1.29 is 0 Å². The summed E-state index contributed by atoms with van der Waals surface area (Å²) in [5.74, 6) is 0. The molecule has 0 unspecified atom stereocenters. The van der Waals surface area contributed by atoms with E-state index in [0.29, 0.717) is 0 Å². The molecule has 0 amide bonds. The van der Waals surface area contributed by atoms with E-state index < -0.39 is 0 Å². The van der Waals surface area contributed by atoms with Gasteiger partial charge in [0.15, 0.2) is 0 Å². The second kappa shape index (κ2) is 3.06. The number of aromatic nitrogens is 1. The first-order chi connectivity index (χ1) is 5.41. The lowest BCUT2D eigenvalue weighted by atomic mass is 9.88. The van der Waals surface area contributed by atoms with Crippen molar-refractivity contribution in [1.29, 1.82) is 0 Å². The Balaban J connectivity index is 3.14. The fourth-order valence-electron chi connectivity index (χ4n) is 0.916. The minimum atomic E-state index is 0.129. The molecule has 1 aromatic heterocycles. The van der Waals surface area contributed by atoms with Crippen LogP contribution >= 0.6 is 11.6 Å². The molecular formula is C10H14ClN. The molecule has 1 rings (SSSR count). The molecule has 1 heterocycles. The smallest absolute Gasteiger partial charge is 0.0621 e. The van der Waals surface area contributed by atoms with Crippen molar-refractivity contribution in [3.8, 4) is 0 Å². The molecule has 0 N–H and O–H groups in total. The van der Waals surface area contributed by atoms with E-state index in [9.17, 15) is 0 Å². The summed E-state index contributed by atoms with van der Waals surface area (Å²) in [6, 6.07) is 1.99. The van der Waals surface area contributed by atoms with Gasteiger partial charge in [0.05, 0.1) is 10.7 Å². The Morgan fingerprint density at radius 3 is 2.33 bits per heavy atom. The molecule has 12 heavy (non-hydrogen) atoms. The Hall–Kier alpha value is -0.560. The van der Waals surface area contributed by atoms with Crippen molar-refractivity contribution in [2.75, 3.05) is 0 Å². The highest BCUT2D eigenvalue weighted by molar-refractivity contribution is 6.31. The van der Waals surface area contributed by atoms with Crippen molar-refractivity contribution >= 4 is 11.6 Å². The van der Waals surface area contributed by atoms with Gasteiger partial charge in [0.1, 0.15) is 0 Å². The average molecular weight is 184 g/mol. The molecule has 0 atom stereocenters. The second-order valence-corrected chi connectivity index (χ2v) is 4.45. The molecule has 0 aliphatic rings. The van der Waals surface area contributed by atoms with Gasteiger partial charge >= 0.3 is 0 Å². The number of hydrogen-bond donors (Lipinski definition) is 0. The fraction of sp³-hybridized carbons (Fsp3) is 0.500. The van der Waals surface area contributed by atoms with E-state index >= 15 is 0 Å². The number of hydrogen-bond acceptors (Lipinski definition) is 1. The number of pyridine rings is 1. The third kappa shape index (κ3) is 1.98. The molecule has 1 nitrogen and oxygen atoms in total. The van der Waals surface area contributed by atoms with Crippen molar-refractivity contribution in [2.45, 2.75) is 33.1 Å². The van der Waals surface area contributed by atoms with E-state index in [4.69, 9.17) is 11.6 Å². The van der Waals surface area contributed by atoms with E-state index in [2.05, 4.69) is 25.8 Å². The maximum atomic E-state index is 5.96. The molecule has 66 valence electrons. The highest BCUT2D eigenvalue weighted by Crippen LogP contribution is 2.24. The van der Waals surface area contributed by atoms with Gasteiger partial charge in [0.2, 0.25) is 0 Å². The predicted molar refractivity (Wildman–Crippen MR) is 52.7 cm³/mol. The summed E-state index contributed by atoms with van der Waals surface area (Å²) in [5.41, 5.74) is 2.20. The summed E-state index contributed by atoms with van der Waals surface area (Å²) in [7, 11) is 0. The quantitative estimate of drug-likeness (QED) is 0.601. The van der Waals surface area contributed by atoms with E-state index in [1.807, 2.05) is 19.2 Å². The van der Waals surface area contributed by atoms with Crippen LogP contribution in [0.1, 0.15) is 32.0 Å². The Morgan fingerprint density at radius 1 is 1.33 bits per heavy atom. The fourth-order valence-corrected chi connectivity index (χ4v) is 1.08. The summed E-state index contributed by atoms with van der Waals surface area (Å²) < 4.78 is 0. The largest absolute Gasteiger partial charge is 0.260 e. The average Bonchev–Trinajstić information content (AvgIpc) is 1.92. The highest BCUT2D eigenvalue weighted by atomic mass is 35.5. The molecular weight excluding hydrogens is 170 g/mol. The third-order valence-electron chi connectivity index (χ3n) is 1.89. The predicted octanol–water partition coefficient (Wildman–Crippen LogP) is 3.34. The van der Waals surface area contributed by atoms with Crippen LogP contribution in [0.5, 0.6) is 0 Å². The van der Waals surface area contributed by atoms with Crippen LogP contribution in [0.15, 0.2) is 12.3 Å². The van der Waals surface area contributed by atoms with Crippen LogP contribution < -0.4 is 0 Å². The zero-order chi connectivity index (χ0) is 9.35. The van der Waals surface area contributed by atoms with Crippen molar-refractivity contribution in [2.24, 2.45) is 0 Å². The van der Waals surface area contributed by atoms with Crippen molar-refractivity contribution in [1.82, 2.24) is 4.98 Å². The number of rotatable bonds is 0. The van der Waals surface area contributed by atoms with Gasteiger partial charge in [-0.3, -0.25) is 4.98 Å². The highest BCUT2D eigenvalue weighted by Gasteiger charge is 2.14. The lowest BCUT2D eigenvalue weighted by molar-refractivity contribution is 0.587. The van der Waals surface area contributed by atoms with Crippen LogP contribution in [-0.2, 0) is 5.41 Å². The lowest BCUT2D eigenvalue weighted by Crippen LogP contribution is -2.11. The first-order valence-corrected chi connectivity index (χ1v) is 4.41. The normalized spacial score (nSPS) is 11.8. The van der Waals surface area contributed by atoms with Crippen molar-refractivity contribution in [3.05, 3.63) is 28.5 Å². The van der Waals surface area contributed by atoms with Crippen molar-refractivity contribution in [3.63, 3.8) is 0 Å². The zero-order valence-electron chi connectivity index (χ0n) is 7.98. The Bertz CT molecular complexity index is 286. The van der Waals surface area contributed by atoms with Gasteiger partial charge in [0.25, 0.3) is 0 Å². The minimum absolute atomic E-state index is 0.129. The summed E-state index contributed by atoms with van der Waals surface area (Å²) >= 11 is 5.96. The van der Waals surface area contributed by atoms with Crippen LogP contribution in [0.3, 0.4) is 0 Å². The van der Waals surface area contributed by atoms with E-state index in [-0.39, 0.29) is 5.41 Å². The lowest BCUT2D eigenvalue weighted by Gasteiger charge is -2.18.